The van der Waals surface area contributed by atoms with Crippen LogP contribution in [-0.2, 0) is 11.2 Å². The lowest BCUT2D eigenvalue weighted by molar-refractivity contribution is -0.189. The van der Waals surface area contributed by atoms with E-state index in [4.69, 9.17) is 4.74 Å². The Hall–Kier alpha value is -1.98. The predicted octanol–water partition coefficient (Wildman–Crippen LogP) is 5.82. The van der Waals surface area contributed by atoms with Crippen LogP contribution >= 0.6 is 0 Å². The van der Waals surface area contributed by atoms with Crippen molar-refractivity contribution < 1.29 is 14.2 Å². The fraction of sp³-hybridized carbons (Fsp3) is 0.577. The summed E-state index contributed by atoms with van der Waals surface area (Å²) in [6.07, 6.45) is 11.4. The van der Waals surface area contributed by atoms with Crippen molar-refractivity contribution in [2.75, 3.05) is 0 Å². The first-order valence-corrected chi connectivity index (χ1v) is 11.8. The topological polar surface area (TPSA) is 47.3 Å². The van der Waals surface area contributed by atoms with E-state index in [0.717, 1.165) is 62.7 Å². The summed E-state index contributed by atoms with van der Waals surface area (Å²) in [5.41, 5.74) is 3.94. The van der Waals surface area contributed by atoms with E-state index < -0.39 is 6.29 Å². The molecule has 3 atom stereocenters. The van der Waals surface area contributed by atoms with Crippen LogP contribution in [0.25, 0.3) is 11.8 Å². The minimum atomic E-state index is -0.688. The van der Waals surface area contributed by atoms with Crippen LogP contribution in [0.3, 0.4) is 0 Å². The zero-order valence-electron chi connectivity index (χ0n) is 18.8. The zero-order chi connectivity index (χ0) is 21.9. The SMILES string of the molecule is CCCC1(CCC)C[C@@]2(CCC3=Cc4c(cnn4-c4ccc(F)cc4)C[C@@]32C)OC1O. The zero-order valence-corrected chi connectivity index (χ0v) is 18.8. The molecule has 5 rings (SSSR count). The van der Waals surface area contributed by atoms with Crippen molar-refractivity contribution in [2.24, 2.45) is 10.8 Å². The molecule has 166 valence electrons. The highest BCUT2D eigenvalue weighted by molar-refractivity contribution is 5.63. The molecular weight excluding hydrogens is 391 g/mol. The average molecular weight is 425 g/mol. The van der Waals surface area contributed by atoms with Crippen molar-refractivity contribution in [3.05, 3.63) is 53.1 Å². The number of hydrogen-bond acceptors (Lipinski definition) is 3. The average Bonchev–Trinajstić information content (AvgIpc) is 3.35. The third-order valence-electron chi connectivity index (χ3n) is 8.32. The highest BCUT2D eigenvalue weighted by Gasteiger charge is 2.65. The van der Waals surface area contributed by atoms with Crippen LogP contribution in [0.2, 0.25) is 0 Å². The van der Waals surface area contributed by atoms with Crippen molar-refractivity contribution in [2.45, 2.75) is 84.0 Å². The minimum Gasteiger partial charge on any atom is -0.367 e. The molecule has 1 spiro atoms. The molecule has 1 unspecified atom stereocenters. The third-order valence-corrected chi connectivity index (χ3v) is 8.32. The van der Waals surface area contributed by atoms with Crippen molar-refractivity contribution in [1.82, 2.24) is 9.78 Å². The van der Waals surface area contributed by atoms with Crippen LogP contribution in [0.5, 0.6) is 0 Å². The van der Waals surface area contributed by atoms with Gasteiger partial charge in [0.2, 0.25) is 0 Å². The summed E-state index contributed by atoms with van der Waals surface area (Å²) >= 11 is 0. The lowest BCUT2D eigenvalue weighted by Gasteiger charge is -2.43. The van der Waals surface area contributed by atoms with Crippen LogP contribution < -0.4 is 0 Å². The Morgan fingerprint density at radius 3 is 2.58 bits per heavy atom. The van der Waals surface area contributed by atoms with Crippen LogP contribution in [0, 0.1) is 16.6 Å². The van der Waals surface area contributed by atoms with E-state index in [1.54, 1.807) is 12.1 Å². The molecule has 0 bridgehead atoms. The summed E-state index contributed by atoms with van der Waals surface area (Å²) < 4.78 is 21.9. The molecule has 1 aromatic carbocycles. The van der Waals surface area contributed by atoms with Crippen molar-refractivity contribution >= 4 is 6.08 Å². The van der Waals surface area contributed by atoms with Gasteiger partial charge in [-0.25, -0.2) is 9.07 Å². The van der Waals surface area contributed by atoms with E-state index in [1.807, 2.05) is 10.9 Å². The number of hydrogen-bond donors (Lipinski definition) is 1. The maximum absolute atomic E-state index is 13.4. The third kappa shape index (κ3) is 2.96. The lowest BCUT2D eigenvalue weighted by atomic mass is 9.62. The fourth-order valence-electron chi connectivity index (χ4n) is 6.76. The number of nitrogens with zero attached hydrogens (tertiary/aromatic N) is 2. The molecule has 3 aliphatic rings. The second-order valence-electron chi connectivity index (χ2n) is 10.1. The van der Waals surface area contributed by atoms with E-state index >= 15 is 0 Å². The van der Waals surface area contributed by atoms with Gasteiger partial charge in [-0.2, -0.15) is 5.10 Å². The molecule has 2 aromatic rings. The molecule has 1 saturated carbocycles. The van der Waals surface area contributed by atoms with E-state index in [-0.39, 0.29) is 22.2 Å². The van der Waals surface area contributed by atoms with Gasteiger partial charge in [0.1, 0.15) is 5.82 Å². The fourth-order valence-corrected chi connectivity index (χ4v) is 6.76. The van der Waals surface area contributed by atoms with Gasteiger partial charge in [0.05, 0.1) is 23.2 Å². The largest absolute Gasteiger partial charge is 0.367 e. The normalized spacial score (nSPS) is 31.0. The Morgan fingerprint density at radius 2 is 1.90 bits per heavy atom. The first-order valence-electron chi connectivity index (χ1n) is 11.8. The molecule has 4 nitrogen and oxygen atoms in total. The number of aliphatic hydroxyl groups is 1. The number of ether oxygens (including phenoxy) is 1. The predicted molar refractivity (Wildman–Crippen MR) is 119 cm³/mol. The smallest absolute Gasteiger partial charge is 0.161 e. The molecule has 1 N–H and O–H groups in total. The van der Waals surface area contributed by atoms with E-state index in [1.165, 1.54) is 23.3 Å². The Kier molecular flexibility index (Phi) is 4.91. The summed E-state index contributed by atoms with van der Waals surface area (Å²) in [4.78, 5) is 0. The number of aromatic nitrogens is 2. The Morgan fingerprint density at radius 1 is 1.19 bits per heavy atom. The molecule has 5 heteroatoms. The van der Waals surface area contributed by atoms with Crippen LogP contribution in [0.4, 0.5) is 4.39 Å². The van der Waals surface area contributed by atoms with Crippen molar-refractivity contribution in [3.8, 4) is 5.69 Å². The summed E-state index contributed by atoms with van der Waals surface area (Å²) in [5, 5.41) is 15.7. The van der Waals surface area contributed by atoms with Crippen molar-refractivity contribution in [1.29, 1.82) is 0 Å². The minimum absolute atomic E-state index is 0.138. The number of aliphatic hydroxyl groups excluding tert-OH is 1. The summed E-state index contributed by atoms with van der Waals surface area (Å²) in [7, 11) is 0. The van der Waals surface area contributed by atoms with Gasteiger partial charge in [-0.3, -0.25) is 0 Å². The molecule has 0 radical (unpaired) electrons. The molecule has 31 heavy (non-hydrogen) atoms. The first kappa shape index (κ1) is 20.9. The van der Waals surface area contributed by atoms with Crippen molar-refractivity contribution in [3.63, 3.8) is 0 Å². The molecule has 1 aromatic heterocycles. The molecule has 1 saturated heterocycles. The maximum atomic E-state index is 13.4. The second kappa shape index (κ2) is 7.28. The van der Waals surface area contributed by atoms with Crippen LogP contribution in [0.1, 0.15) is 77.0 Å². The lowest BCUT2D eigenvalue weighted by Crippen LogP contribution is -2.45. The standard InChI is InChI=1S/C26H33FN2O2/c1-4-11-25(12-5-2)17-26(31-23(25)30)13-10-19-14-22-18(15-24(19,26)3)16-28-29(22)21-8-6-20(27)7-9-21/h6-9,14,16,23,30H,4-5,10-13,15,17H2,1-3H3/t23?,24-,26+/m0/s1. The van der Waals surface area contributed by atoms with E-state index in [9.17, 15) is 9.50 Å². The van der Waals surface area contributed by atoms with Gasteiger partial charge in [0.15, 0.2) is 6.29 Å². The number of benzene rings is 1. The molecule has 1 aliphatic heterocycles. The number of halogens is 1. The Balaban J connectivity index is 1.52. The molecule has 2 heterocycles. The molecule has 0 amide bonds. The van der Waals surface area contributed by atoms with Gasteiger partial charge < -0.3 is 9.84 Å². The van der Waals surface area contributed by atoms with Gasteiger partial charge in [0.25, 0.3) is 0 Å². The van der Waals surface area contributed by atoms with Gasteiger partial charge in [-0.15, -0.1) is 0 Å². The monoisotopic (exact) mass is 424 g/mol. The first-order chi connectivity index (χ1) is 14.9. The van der Waals surface area contributed by atoms with E-state index in [0.29, 0.717) is 0 Å². The Labute approximate surface area is 184 Å². The highest BCUT2D eigenvalue weighted by Crippen LogP contribution is 2.65. The second-order valence-corrected chi connectivity index (χ2v) is 10.1. The number of fused-ring (bicyclic) bond motifs is 3. The van der Waals surface area contributed by atoms with Gasteiger partial charge in [-0.05, 0) is 74.4 Å². The maximum Gasteiger partial charge on any atom is 0.161 e. The molecule has 2 fully saturated rings. The Bertz CT molecular complexity index is 1000. The van der Waals surface area contributed by atoms with Crippen LogP contribution in [0.15, 0.2) is 36.0 Å². The molecular formula is C26H33FN2O2. The van der Waals surface area contributed by atoms with Crippen LogP contribution in [-0.4, -0.2) is 26.8 Å². The van der Waals surface area contributed by atoms with E-state index in [2.05, 4.69) is 31.9 Å². The summed E-state index contributed by atoms with van der Waals surface area (Å²) in [6, 6.07) is 6.49. The van der Waals surface area contributed by atoms with Gasteiger partial charge in [-0.1, -0.05) is 39.2 Å². The van der Waals surface area contributed by atoms with Gasteiger partial charge in [0, 0.05) is 10.8 Å². The molecule has 2 aliphatic carbocycles. The highest BCUT2D eigenvalue weighted by atomic mass is 19.1. The summed E-state index contributed by atoms with van der Waals surface area (Å²) in [6.45, 7) is 6.73. The number of rotatable bonds is 5. The van der Waals surface area contributed by atoms with Gasteiger partial charge >= 0.3 is 0 Å². The summed E-state index contributed by atoms with van der Waals surface area (Å²) in [5.74, 6) is -0.243. The quantitative estimate of drug-likeness (QED) is 0.658.